The van der Waals surface area contributed by atoms with Gasteiger partial charge >= 0.3 is 0 Å². The first-order valence-corrected chi connectivity index (χ1v) is 8.39. The van der Waals surface area contributed by atoms with E-state index in [9.17, 15) is 4.79 Å². The first kappa shape index (κ1) is 17.2. The maximum Gasteiger partial charge on any atom is 0.224 e. The average Bonchev–Trinajstić information content (AvgIpc) is 2.94. The molecule has 1 saturated heterocycles. The largest absolute Gasteiger partial charge is 0.496 e. The van der Waals surface area contributed by atoms with E-state index in [1.165, 1.54) is 0 Å². The van der Waals surface area contributed by atoms with Crippen molar-refractivity contribution in [2.45, 2.75) is 18.5 Å². The Balaban J connectivity index is 1.65. The highest BCUT2D eigenvalue weighted by Gasteiger charge is 2.37. The Bertz CT molecular complexity index is 746. The van der Waals surface area contributed by atoms with E-state index in [0.717, 1.165) is 16.9 Å². The van der Waals surface area contributed by atoms with Crippen LogP contribution < -0.4 is 10.1 Å². The Morgan fingerprint density at radius 1 is 1.32 bits per heavy atom. The summed E-state index contributed by atoms with van der Waals surface area (Å²) in [6.07, 6.45) is 8.17. The number of para-hydroxylation sites is 1. The number of likely N-dealkylation sites (tertiary alicyclic amines) is 1. The van der Waals surface area contributed by atoms with Gasteiger partial charge in [0.15, 0.2) is 0 Å². The smallest absolute Gasteiger partial charge is 0.224 e. The number of carbonyl (C=O) groups excluding carboxylic acids is 1. The lowest BCUT2D eigenvalue weighted by atomic mass is 10.0. The number of rotatable bonds is 6. The van der Waals surface area contributed by atoms with Crippen molar-refractivity contribution in [2.24, 2.45) is 0 Å². The number of pyridine rings is 1. The summed E-state index contributed by atoms with van der Waals surface area (Å²) in [5.74, 6) is 1.00. The SMILES string of the molecule is COc1ccccc1/C=C/CN[C@@H]1CC(=O)N(C)[C@H]1c1cccnc1. The van der Waals surface area contributed by atoms with E-state index >= 15 is 0 Å². The molecule has 0 bridgehead atoms. The Morgan fingerprint density at radius 2 is 2.16 bits per heavy atom. The van der Waals surface area contributed by atoms with Gasteiger partial charge in [0, 0.05) is 44.0 Å². The van der Waals surface area contributed by atoms with Crippen LogP contribution in [0.5, 0.6) is 5.75 Å². The van der Waals surface area contributed by atoms with Crippen molar-refractivity contribution in [3.05, 3.63) is 66.0 Å². The highest BCUT2D eigenvalue weighted by atomic mass is 16.5. The molecule has 5 heteroatoms. The average molecular weight is 337 g/mol. The number of ether oxygens (including phenoxy) is 1. The van der Waals surface area contributed by atoms with Gasteiger partial charge < -0.3 is 15.0 Å². The number of nitrogens with one attached hydrogen (secondary N) is 1. The lowest BCUT2D eigenvalue weighted by Crippen LogP contribution is -2.35. The van der Waals surface area contributed by atoms with Crippen molar-refractivity contribution in [3.8, 4) is 5.75 Å². The highest BCUT2D eigenvalue weighted by molar-refractivity contribution is 5.80. The number of nitrogens with zero attached hydrogens (tertiary/aromatic N) is 2. The lowest BCUT2D eigenvalue weighted by molar-refractivity contribution is -0.127. The normalized spacial score (nSPS) is 20.4. The van der Waals surface area contributed by atoms with Gasteiger partial charge in [0.1, 0.15) is 5.75 Å². The minimum Gasteiger partial charge on any atom is -0.496 e. The number of benzene rings is 1. The van der Waals surface area contributed by atoms with Gasteiger partial charge in [0.05, 0.1) is 13.2 Å². The molecule has 130 valence electrons. The summed E-state index contributed by atoms with van der Waals surface area (Å²) in [6.45, 7) is 0.681. The summed E-state index contributed by atoms with van der Waals surface area (Å²) in [4.78, 5) is 18.1. The van der Waals surface area contributed by atoms with Crippen LogP contribution >= 0.6 is 0 Å². The van der Waals surface area contributed by atoms with Gasteiger partial charge in [-0.15, -0.1) is 0 Å². The second-order valence-corrected chi connectivity index (χ2v) is 6.10. The van der Waals surface area contributed by atoms with Crippen molar-refractivity contribution in [2.75, 3.05) is 20.7 Å². The third-order valence-corrected chi connectivity index (χ3v) is 4.55. The zero-order chi connectivity index (χ0) is 17.6. The first-order chi connectivity index (χ1) is 12.2. The molecule has 0 saturated carbocycles. The molecule has 1 aromatic carbocycles. The van der Waals surface area contributed by atoms with Crippen LogP contribution in [0.1, 0.15) is 23.6 Å². The van der Waals surface area contributed by atoms with E-state index in [2.05, 4.69) is 16.4 Å². The fraction of sp³-hybridized carbons (Fsp3) is 0.300. The number of aromatic nitrogens is 1. The predicted molar refractivity (Wildman–Crippen MR) is 98.2 cm³/mol. The van der Waals surface area contributed by atoms with Crippen LogP contribution in [-0.4, -0.2) is 42.5 Å². The van der Waals surface area contributed by atoms with E-state index in [-0.39, 0.29) is 18.0 Å². The molecular formula is C20H23N3O2. The number of amides is 1. The Morgan fingerprint density at radius 3 is 2.92 bits per heavy atom. The van der Waals surface area contributed by atoms with Gasteiger partial charge in [-0.3, -0.25) is 9.78 Å². The molecule has 1 aromatic heterocycles. The number of hydrogen-bond donors (Lipinski definition) is 1. The van der Waals surface area contributed by atoms with Gasteiger partial charge in [0.25, 0.3) is 0 Å². The van der Waals surface area contributed by atoms with E-state index in [1.54, 1.807) is 18.2 Å². The molecule has 5 nitrogen and oxygen atoms in total. The van der Waals surface area contributed by atoms with E-state index in [0.29, 0.717) is 13.0 Å². The van der Waals surface area contributed by atoms with Crippen LogP contribution in [0.4, 0.5) is 0 Å². The van der Waals surface area contributed by atoms with Crippen molar-refractivity contribution in [1.29, 1.82) is 0 Å². The van der Waals surface area contributed by atoms with Gasteiger partial charge in [-0.05, 0) is 17.7 Å². The molecule has 3 rings (SSSR count). The van der Waals surface area contributed by atoms with E-state index in [4.69, 9.17) is 4.74 Å². The van der Waals surface area contributed by atoms with E-state index < -0.39 is 0 Å². The van der Waals surface area contributed by atoms with Crippen molar-refractivity contribution in [1.82, 2.24) is 15.2 Å². The summed E-state index contributed by atoms with van der Waals surface area (Å²) in [5, 5.41) is 3.48. The highest BCUT2D eigenvalue weighted by Crippen LogP contribution is 2.31. The number of hydrogen-bond acceptors (Lipinski definition) is 4. The second kappa shape index (κ2) is 7.94. The minimum absolute atomic E-state index is 0.0147. The topological polar surface area (TPSA) is 54.5 Å². The molecule has 1 aliphatic heterocycles. The number of methoxy groups -OCH3 is 1. The van der Waals surface area contributed by atoms with Crippen LogP contribution in [-0.2, 0) is 4.79 Å². The summed E-state index contributed by atoms with van der Waals surface area (Å²) in [7, 11) is 3.52. The minimum atomic E-state index is 0.0147. The van der Waals surface area contributed by atoms with Crippen LogP contribution in [0.2, 0.25) is 0 Å². The molecule has 0 spiro atoms. The predicted octanol–water partition coefficient (Wildman–Crippen LogP) is 2.67. The van der Waals surface area contributed by atoms with Gasteiger partial charge in [-0.2, -0.15) is 0 Å². The second-order valence-electron chi connectivity index (χ2n) is 6.10. The third-order valence-electron chi connectivity index (χ3n) is 4.55. The molecule has 0 radical (unpaired) electrons. The Hall–Kier alpha value is -2.66. The molecule has 1 amide bonds. The molecule has 25 heavy (non-hydrogen) atoms. The Labute approximate surface area is 148 Å². The molecule has 2 atom stereocenters. The monoisotopic (exact) mass is 337 g/mol. The van der Waals surface area contributed by atoms with Gasteiger partial charge in [-0.25, -0.2) is 0 Å². The molecule has 1 aliphatic rings. The van der Waals surface area contributed by atoms with Crippen molar-refractivity contribution < 1.29 is 9.53 Å². The third kappa shape index (κ3) is 3.88. The zero-order valence-corrected chi connectivity index (χ0v) is 14.6. The van der Waals surface area contributed by atoms with Crippen molar-refractivity contribution in [3.63, 3.8) is 0 Å². The fourth-order valence-electron chi connectivity index (χ4n) is 3.27. The number of carbonyl (C=O) groups is 1. The maximum atomic E-state index is 12.1. The molecule has 2 aromatic rings. The quantitative estimate of drug-likeness (QED) is 0.880. The van der Waals surface area contributed by atoms with Gasteiger partial charge in [0.2, 0.25) is 5.91 Å². The zero-order valence-electron chi connectivity index (χ0n) is 14.6. The van der Waals surface area contributed by atoms with Crippen LogP contribution in [0, 0.1) is 0 Å². The van der Waals surface area contributed by atoms with Gasteiger partial charge in [-0.1, -0.05) is 36.4 Å². The summed E-state index contributed by atoms with van der Waals surface area (Å²) < 4.78 is 5.35. The van der Waals surface area contributed by atoms with Crippen molar-refractivity contribution >= 4 is 12.0 Å². The van der Waals surface area contributed by atoms with Crippen LogP contribution in [0.3, 0.4) is 0 Å². The summed E-state index contributed by atoms with van der Waals surface area (Å²) in [5.41, 5.74) is 2.09. The standard InChI is InChI=1S/C20H23N3O2/c1-23-19(24)13-17(20(23)16-9-5-11-21-14-16)22-12-6-8-15-7-3-4-10-18(15)25-2/h3-11,14,17,20,22H,12-13H2,1-2H3/b8-6+/t17-,20+/m1/s1. The van der Waals surface area contributed by atoms with Crippen LogP contribution in [0.15, 0.2) is 54.9 Å². The maximum absolute atomic E-state index is 12.1. The molecule has 1 fully saturated rings. The summed E-state index contributed by atoms with van der Waals surface area (Å²) >= 11 is 0. The molecule has 0 aliphatic carbocycles. The number of likely N-dealkylation sites (N-methyl/N-ethyl adjacent to an activating group) is 1. The van der Waals surface area contributed by atoms with Crippen LogP contribution in [0.25, 0.3) is 6.08 Å². The molecular weight excluding hydrogens is 314 g/mol. The Kier molecular flexibility index (Phi) is 5.46. The molecule has 2 heterocycles. The summed E-state index contributed by atoms with van der Waals surface area (Å²) in [6, 6.07) is 11.9. The first-order valence-electron chi connectivity index (χ1n) is 8.39. The molecule has 1 N–H and O–H groups in total. The molecule has 0 unspecified atom stereocenters. The fourth-order valence-corrected chi connectivity index (χ4v) is 3.27. The van der Waals surface area contributed by atoms with E-state index in [1.807, 2.05) is 55.7 Å². The lowest BCUT2D eigenvalue weighted by Gasteiger charge is -2.25.